The predicted molar refractivity (Wildman–Crippen MR) is 64.4 cm³/mol. The van der Waals surface area contributed by atoms with Crippen LogP contribution < -0.4 is 5.32 Å². The van der Waals surface area contributed by atoms with Crippen molar-refractivity contribution in [3.63, 3.8) is 0 Å². The Hall–Kier alpha value is -1.61. The molecule has 0 aliphatic carbocycles. The zero-order valence-corrected chi connectivity index (χ0v) is 10.3. The van der Waals surface area contributed by atoms with E-state index in [0.29, 0.717) is 17.8 Å². The van der Waals surface area contributed by atoms with Gasteiger partial charge in [-0.2, -0.15) is 5.26 Å². The summed E-state index contributed by atoms with van der Waals surface area (Å²) in [5.41, 5.74) is 1.32. The van der Waals surface area contributed by atoms with E-state index in [1.807, 2.05) is 6.92 Å². The summed E-state index contributed by atoms with van der Waals surface area (Å²) in [5.74, 6) is 0.806. The SMILES string of the molecule is Cc1ccnc(NC2CCS(=O)(=O)C2)c1C#N. The average Bonchev–Trinajstić information content (AvgIpc) is 2.58. The molecule has 0 radical (unpaired) electrons. The maximum atomic E-state index is 11.3. The molecule has 1 unspecified atom stereocenters. The zero-order chi connectivity index (χ0) is 12.5. The van der Waals surface area contributed by atoms with Crippen LogP contribution in [0, 0.1) is 18.3 Å². The third kappa shape index (κ3) is 2.56. The molecule has 1 aliphatic heterocycles. The molecular formula is C11H13N3O2S. The molecule has 1 aromatic rings. The van der Waals surface area contributed by atoms with Gasteiger partial charge in [0.1, 0.15) is 11.9 Å². The summed E-state index contributed by atoms with van der Waals surface area (Å²) in [7, 11) is -2.92. The number of aryl methyl sites for hydroxylation is 1. The van der Waals surface area contributed by atoms with E-state index in [-0.39, 0.29) is 17.5 Å². The molecule has 2 heterocycles. The molecule has 17 heavy (non-hydrogen) atoms. The average molecular weight is 251 g/mol. The molecule has 0 amide bonds. The fourth-order valence-corrected chi connectivity index (χ4v) is 3.58. The van der Waals surface area contributed by atoms with Gasteiger partial charge in [-0.25, -0.2) is 13.4 Å². The minimum Gasteiger partial charge on any atom is -0.365 e. The van der Waals surface area contributed by atoms with Crippen molar-refractivity contribution < 1.29 is 8.42 Å². The van der Waals surface area contributed by atoms with E-state index in [9.17, 15) is 8.42 Å². The Morgan fingerprint density at radius 1 is 1.59 bits per heavy atom. The Balaban J connectivity index is 2.21. The molecule has 1 aliphatic rings. The van der Waals surface area contributed by atoms with E-state index >= 15 is 0 Å². The van der Waals surface area contributed by atoms with Crippen molar-refractivity contribution in [3.8, 4) is 6.07 Å². The molecular weight excluding hydrogens is 238 g/mol. The summed E-state index contributed by atoms with van der Waals surface area (Å²) in [6.45, 7) is 1.83. The number of nitrogens with zero attached hydrogens (tertiary/aromatic N) is 2. The molecule has 0 aromatic carbocycles. The Bertz CT molecular complexity index is 575. The van der Waals surface area contributed by atoms with Gasteiger partial charge in [-0.1, -0.05) is 0 Å². The molecule has 0 saturated carbocycles. The van der Waals surface area contributed by atoms with Gasteiger partial charge >= 0.3 is 0 Å². The van der Waals surface area contributed by atoms with Gasteiger partial charge in [0, 0.05) is 12.2 Å². The molecule has 1 fully saturated rings. The van der Waals surface area contributed by atoms with Gasteiger partial charge in [-0.15, -0.1) is 0 Å². The van der Waals surface area contributed by atoms with E-state index in [0.717, 1.165) is 5.56 Å². The van der Waals surface area contributed by atoms with Gasteiger partial charge in [-0.3, -0.25) is 0 Å². The van der Waals surface area contributed by atoms with Crippen LogP contribution in [0.5, 0.6) is 0 Å². The number of rotatable bonds is 2. The van der Waals surface area contributed by atoms with Crippen LogP contribution in [0.25, 0.3) is 0 Å². The van der Waals surface area contributed by atoms with Crippen molar-refractivity contribution in [2.75, 3.05) is 16.8 Å². The highest BCUT2D eigenvalue weighted by Crippen LogP contribution is 2.20. The highest BCUT2D eigenvalue weighted by molar-refractivity contribution is 7.91. The second kappa shape index (κ2) is 4.34. The smallest absolute Gasteiger partial charge is 0.152 e. The normalized spacial score (nSPS) is 22.0. The van der Waals surface area contributed by atoms with Gasteiger partial charge in [0.2, 0.25) is 0 Å². The number of aromatic nitrogens is 1. The highest BCUT2D eigenvalue weighted by Gasteiger charge is 2.28. The summed E-state index contributed by atoms with van der Waals surface area (Å²) in [6.07, 6.45) is 2.19. The molecule has 1 N–H and O–H groups in total. The summed E-state index contributed by atoms with van der Waals surface area (Å²) < 4.78 is 22.7. The maximum Gasteiger partial charge on any atom is 0.152 e. The summed E-state index contributed by atoms with van der Waals surface area (Å²) in [5, 5.41) is 12.1. The monoisotopic (exact) mass is 251 g/mol. The highest BCUT2D eigenvalue weighted by atomic mass is 32.2. The second-order valence-electron chi connectivity index (χ2n) is 4.21. The molecule has 0 bridgehead atoms. The van der Waals surface area contributed by atoms with Crippen molar-refractivity contribution in [3.05, 3.63) is 23.4 Å². The van der Waals surface area contributed by atoms with Gasteiger partial charge in [0.05, 0.1) is 17.1 Å². The summed E-state index contributed by atoms with van der Waals surface area (Å²) >= 11 is 0. The number of hydrogen-bond acceptors (Lipinski definition) is 5. The molecule has 2 rings (SSSR count). The first-order chi connectivity index (χ1) is 8.02. The minimum atomic E-state index is -2.92. The molecule has 1 atom stereocenters. The number of sulfone groups is 1. The van der Waals surface area contributed by atoms with Crippen molar-refractivity contribution in [1.29, 1.82) is 5.26 Å². The molecule has 0 spiro atoms. The van der Waals surface area contributed by atoms with Crippen molar-refractivity contribution in [2.24, 2.45) is 0 Å². The largest absolute Gasteiger partial charge is 0.365 e. The number of nitrogens with one attached hydrogen (secondary N) is 1. The number of hydrogen-bond donors (Lipinski definition) is 1. The fourth-order valence-electron chi connectivity index (χ4n) is 1.91. The Morgan fingerprint density at radius 2 is 2.35 bits per heavy atom. The van der Waals surface area contributed by atoms with Gasteiger partial charge < -0.3 is 5.32 Å². The number of anilines is 1. The zero-order valence-electron chi connectivity index (χ0n) is 9.47. The van der Waals surface area contributed by atoms with Crippen LogP contribution in [0.2, 0.25) is 0 Å². The molecule has 90 valence electrons. The first-order valence-corrected chi connectivity index (χ1v) is 7.16. The lowest BCUT2D eigenvalue weighted by Gasteiger charge is -2.13. The second-order valence-corrected chi connectivity index (χ2v) is 6.44. The minimum absolute atomic E-state index is 0.119. The van der Waals surface area contributed by atoms with Gasteiger partial charge in [0.25, 0.3) is 0 Å². The Kier molecular flexibility index (Phi) is 3.03. The first-order valence-electron chi connectivity index (χ1n) is 5.34. The molecule has 1 aromatic heterocycles. The fraction of sp³-hybridized carbons (Fsp3) is 0.455. The van der Waals surface area contributed by atoms with Crippen molar-refractivity contribution in [1.82, 2.24) is 4.98 Å². The molecule has 6 heteroatoms. The van der Waals surface area contributed by atoms with Crippen LogP contribution in [0.1, 0.15) is 17.5 Å². The number of nitriles is 1. The predicted octanol–water partition coefficient (Wildman–Crippen LogP) is 0.861. The van der Waals surface area contributed by atoms with Gasteiger partial charge in [0.15, 0.2) is 9.84 Å². The van der Waals surface area contributed by atoms with Crippen LogP contribution in [-0.2, 0) is 9.84 Å². The summed E-state index contributed by atoms with van der Waals surface area (Å²) in [6, 6.07) is 3.71. The van der Waals surface area contributed by atoms with E-state index < -0.39 is 9.84 Å². The van der Waals surface area contributed by atoms with Crippen LogP contribution in [0.4, 0.5) is 5.82 Å². The lowest BCUT2D eigenvalue weighted by Crippen LogP contribution is -2.22. The molecule has 1 saturated heterocycles. The van der Waals surface area contributed by atoms with Crippen LogP contribution >= 0.6 is 0 Å². The van der Waals surface area contributed by atoms with Crippen LogP contribution in [-0.4, -0.2) is 30.9 Å². The van der Waals surface area contributed by atoms with E-state index in [4.69, 9.17) is 5.26 Å². The van der Waals surface area contributed by atoms with E-state index in [2.05, 4.69) is 16.4 Å². The Labute approximate surface area is 100 Å². The quantitative estimate of drug-likeness (QED) is 0.843. The standard InChI is InChI=1S/C11H13N3O2S/c1-8-2-4-13-11(10(8)6-12)14-9-3-5-17(15,16)7-9/h2,4,9H,3,5,7H2,1H3,(H,13,14). The third-order valence-electron chi connectivity index (χ3n) is 2.84. The maximum absolute atomic E-state index is 11.3. The Morgan fingerprint density at radius 3 is 2.94 bits per heavy atom. The first kappa shape index (κ1) is 11.9. The summed E-state index contributed by atoms with van der Waals surface area (Å²) in [4.78, 5) is 4.09. The van der Waals surface area contributed by atoms with Gasteiger partial charge in [-0.05, 0) is 25.0 Å². The van der Waals surface area contributed by atoms with E-state index in [1.165, 1.54) is 0 Å². The van der Waals surface area contributed by atoms with E-state index in [1.54, 1.807) is 12.3 Å². The lowest BCUT2D eigenvalue weighted by atomic mass is 10.1. The van der Waals surface area contributed by atoms with Crippen LogP contribution in [0.15, 0.2) is 12.3 Å². The third-order valence-corrected chi connectivity index (χ3v) is 4.61. The lowest BCUT2D eigenvalue weighted by molar-refractivity contribution is 0.602. The topological polar surface area (TPSA) is 82.8 Å². The molecule has 5 nitrogen and oxygen atoms in total. The van der Waals surface area contributed by atoms with Crippen LogP contribution in [0.3, 0.4) is 0 Å². The van der Waals surface area contributed by atoms with Crippen molar-refractivity contribution in [2.45, 2.75) is 19.4 Å². The van der Waals surface area contributed by atoms with Crippen molar-refractivity contribution >= 4 is 15.7 Å². The number of pyridine rings is 1.